The molecule has 0 saturated carbocycles. The molecule has 4 aromatic rings. The fourth-order valence-corrected chi connectivity index (χ4v) is 3.62. The zero-order valence-corrected chi connectivity index (χ0v) is 17.1. The maximum atomic E-state index is 12.6. The Kier molecular flexibility index (Phi) is 5.49. The minimum atomic E-state index is -0.714. The number of hydrogen-bond donors (Lipinski definition) is 1. The van der Waals surface area contributed by atoms with Crippen LogP contribution >= 0.6 is 11.3 Å². The second-order valence-electron chi connectivity index (χ2n) is 6.30. The first-order valence-corrected chi connectivity index (χ1v) is 10.1. The third-order valence-electron chi connectivity index (χ3n) is 4.37. The van der Waals surface area contributed by atoms with E-state index in [0.29, 0.717) is 34.2 Å². The number of carbonyl (C=O) groups is 1. The Hall–Kier alpha value is -3.65. The zero-order valence-electron chi connectivity index (χ0n) is 16.3. The lowest BCUT2D eigenvalue weighted by Crippen LogP contribution is -2.20. The van der Waals surface area contributed by atoms with Gasteiger partial charge < -0.3 is 13.9 Å². The Balaban J connectivity index is 1.55. The lowest BCUT2D eigenvalue weighted by atomic mass is 10.1. The van der Waals surface area contributed by atoms with Gasteiger partial charge >= 0.3 is 5.63 Å². The summed E-state index contributed by atoms with van der Waals surface area (Å²) in [4.78, 5) is 29.3. The number of thiazole rings is 1. The van der Waals surface area contributed by atoms with Crippen molar-refractivity contribution in [2.24, 2.45) is 0 Å². The molecule has 0 spiro atoms. The number of carbonyl (C=O) groups excluding carboxylic acids is 1. The number of nitrogens with zero attached hydrogens (tertiary/aromatic N) is 1. The number of benzene rings is 2. The van der Waals surface area contributed by atoms with E-state index in [1.807, 2.05) is 36.6 Å². The van der Waals surface area contributed by atoms with Gasteiger partial charge in [0, 0.05) is 16.3 Å². The largest absolute Gasteiger partial charge is 0.497 e. The van der Waals surface area contributed by atoms with E-state index in [1.54, 1.807) is 18.2 Å². The lowest BCUT2D eigenvalue weighted by Gasteiger charge is -2.04. The molecule has 30 heavy (non-hydrogen) atoms. The van der Waals surface area contributed by atoms with Crippen LogP contribution in [0.15, 0.2) is 63.1 Å². The van der Waals surface area contributed by atoms with Gasteiger partial charge in [-0.15, -0.1) is 11.3 Å². The van der Waals surface area contributed by atoms with E-state index < -0.39 is 11.5 Å². The van der Waals surface area contributed by atoms with Crippen LogP contribution < -0.4 is 20.4 Å². The standard InChI is InChI=1S/C22H18N2O5S/c1-3-28-15-6-4-13(5-7-15)18-12-30-22(23-18)24-20(25)17-11-14-10-16(27-2)8-9-19(14)29-21(17)26/h4-12H,3H2,1-2H3,(H,23,24,25). The number of hydrogen-bond acceptors (Lipinski definition) is 7. The van der Waals surface area contributed by atoms with Crippen molar-refractivity contribution in [3.63, 3.8) is 0 Å². The molecule has 0 unspecified atom stereocenters. The molecule has 2 aromatic heterocycles. The first-order valence-electron chi connectivity index (χ1n) is 9.19. The Morgan fingerprint density at radius 1 is 1.13 bits per heavy atom. The van der Waals surface area contributed by atoms with Crippen LogP contribution in [0.1, 0.15) is 17.3 Å². The van der Waals surface area contributed by atoms with Crippen LogP contribution in [-0.2, 0) is 0 Å². The zero-order chi connectivity index (χ0) is 21.1. The van der Waals surface area contributed by atoms with E-state index >= 15 is 0 Å². The summed E-state index contributed by atoms with van der Waals surface area (Å²) in [5, 5.41) is 5.47. The average Bonchev–Trinajstić information content (AvgIpc) is 3.22. The number of anilines is 1. The maximum absolute atomic E-state index is 12.6. The third kappa shape index (κ3) is 4.04. The second-order valence-corrected chi connectivity index (χ2v) is 7.16. The molecule has 0 saturated heterocycles. The van der Waals surface area contributed by atoms with Crippen LogP contribution in [0.5, 0.6) is 11.5 Å². The Bertz CT molecular complexity index is 1260. The van der Waals surface area contributed by atoms with Gasteiger partial charge in [0.2, 0.25) is 0 Å². The number of amides is 1. The fourth-order valence-electron chi connectivity index (χ4n) is 2.90. The molecule has 0 bridgehead atoms. The monoisotopic (exact) mass is 422 g/mol. The molecule has 0 aliphatic rings. The van der Waals surface area contributed by atoms with Crippen LogP contribution in [0.4, 0.5) is 5.13 Å². The van der Waals surface area contributed by atoms with Crippen molar-refractivity contribution >= 4 is 33.3 Å². The van der Waals surface area contributed by atoms with Crippen LogP contribution in [0, 0.1) is 0 Å². The number of nitrogens with one attached hydrogen (secondary N) is 1. The quantitative estimate of drug-likeness (QED) is 0.458. The maximum Gasteiger partial charge on any atom is 0.349 e. The summed E-state index contributed by atoms with van der Waals surface area (Å²) in [5.74, 6) is 0.799. The van der Waals surface area contributed by atoms with E-state index in [9.17, 15) is 9.59 Å². The number of rotatable bonds is 6. The van der Waals surface area contributed by atoms with Gasteiger partial charge in [-0.05, 0) is 55.5 Å². The molecule has 7 nitrogen and oxygen atoms in total. The first-order chi connectivity index (χ1) is 14.6. The van der Waals surface area contributed by atoms with Crippen molar-refractivity contribution < 1.29 is 18.7 Å². The second kappa shape index (κ2) is 8.38. The van der Waals surface area contributed by atoms with E-state index in [4.69, 9.17) is 13.9 Å². The third-order valence-corrected chi connectivity index (χ3v) is 5.13. The summed E-state index contributed by atoms with van der Waals surface area (Å²) in [6.45, 7) is 2.53. The van der Waals surface area contributed by atoms with Crippen LogP contribution in [-0.4, -0.2) is 24.6 Å². The molecule has 152 valence electrons. The van der Waals surface area contributed by atoms with E-state index in [2.05, 4.69) is 10.3 Å². The highest BCUT2D eigenvalue weighted by Gasteiger charge is 2.16. The highest BCUT2D eigenvalue weighted by atomic mass is 32.1. The number of fused-ring (bicyclic) bond motifs is 1. The molecule has 1 N–H and O–H groups in total. The van der Waals surface area contributed by atoms with Crippen molar-refractivity contribution in [1.82, 2.24) is 4.98 Å². The highest BCUT2D eigenvalue weighted by Crippen LogP contribution is 2.27. The van der Waals surface area contributed by atoms with Gasteiger partial charge in [0.15, 0.2) is 5.13 Å². The van der Waals surface area contributed by atoms with E-state index in [-0.39, 0.29) is 5.56 Å². The van der Waals surface area contributed by atoms with E-state index in [1.165, 1.54) is 24.5 Å². The molecule has 0 radical (unpaired) electrons. The SMILES string of the molecule is CCOc1ccc(-c2csc(NC(=O)c3cc4cc(OC)ccc4oc3=O)n2)cc1. The van der Waals surface area contributed by atoms with Gasteiger partial charge in [0.25, 0.3) is 5.91 Å². The molecular formula is C22H18N2O5S. The number of ether oxygens (including phenoxy) is 2. The molecule has 8 heteroatoms. The van der Waals surface area contributed by atoms with Crippen molar-refractivity contribution in [3.8, 4) is 22.8 Å². The molecule has 0 aliphatic heterocycles. The highest BCUT2D eigenvalue weighted by molar-refractivity contribution is 7.14. The van der Waals surface area contributed by atoms with Crippen molar-refractivity contribution in [1.29, 1.82) is 0 Å². The number of methoxy groups -OCH3 is 1. The molecule has 4 rings (SSSR count). The van der Waals surface area contributed by atoms with Gasteiger partial charge in [0.1, 0.15) is 22.6 Å². The topological polar surface area (TPSA) is 90.7 Å². The van der Waals surface area contributed by atoms with Crippen molar-refractivity contribution in [2.75, 3.05) is 19.0 Å². The molecule has 0 fully saturated rings. The lowest BCUT2D eigenvalue weighted by molar-refractivity contribution is 0.102. The summed E-state index contributed by atoms with van der Waals surface area (Å²) < 4.78 is 15.9. The van der Waals surface area contributed by atoms with Gasteiger partial charge in [-0.2, -0.15) is 0 Å². The summed E-state index contributed by atoms with van der Waals surface area (Å²) in [6, 6.07) is 14.0. The van der Waals surface area contributed by atoms with Crippen LogP contribution in [0.2, 0.25) is 0 Å². The van der Waals surface area contributed by atoms with Crippen molar-refractivity contribution in [3.05, 3.63) is 69.9 Å². The van der Waals surface area contributed by atoms with Gasteiger partial charge in [-0.25, -0.2) is 9.78 Å². The molecule has 1 amide bonds. The number of aromatic nitrogens is 1. The summed E-state index contributed by atoms with van der Waals surface area (Å²) >= 11 is 1.27. The minimum absolute atomic E-state index is 0.103. The predicted octanol–water partition coefficient (Wildman–Crippen LogP) is 4.58. The van der Waals surface area contributed by atoms with Crippen LogP contribution in [0.25, 0.3) is 22.2 Å². The fraction of sp³-hybridized carbons (Fsp3) is 0.136. The summed E-state index contributed by atoms with van der Waals surface area (Å²) in [7, 11) is 1.54. The first kappa shape index (κ1) is 19.7. The molecule has 2 heterocycles. The predicted molar refractivity (Wildman–Crippen MR) is 116 cm³/mol. The Morgan fingerprint density at radius 3 is 2.63 bits per heavy atom. The van der Waals surface area contributed by atoms with Crippen molar-refractivity contribution in [2.45, 2.75) is 6.92 Å². The Labute approximate surface area is 175 Å². The Morgan fingerprint density at radius 2 is 1.90 bits per heavy atom. The molecular weight excluding hydrogens is 404 g/mol. The average molecular weight is 422 g/mol. The molecule has 2 aromatic carbocycles. The van der Waals surface area contributed by atoms with Gasteiger partial charge in [-0.1, -0.05) is 0 Å². The van der Waals surface area contributed by atoms with Crippen LogP contribution in [0.3, 0.4) is 0 Å². The molecule has 0 atom stereocenters. The molecule has 0 aliphatic carbocycles. The normalized spacial score (nSPS) is 10.7. The summed E-state index contributed by atoms with van der Waals surface area (Å²) in [6.07, 6.45) is 0. The van der Waals surface area contributed by atoms with E-state index in [0.717, 1.165) is 11.3 Å². The summed E-state index contributed by atoms with van der Waals surface area (Å²) in [5.41, 5.74) is 1.17. The van der Waals surface area contributed by atoms with Gasteiger partial charge in [-0.3, -0.25) is 10.1 Å². The van der Waals surface area contributed by atoms with Gasteiger partial charge in [0.05, 0.1) is 19.4 Å². The smallest absolute Gasteiger partial charge is 0.349 e. The minimum Gasteiger partial charge on any atom is -0.497 e.